The maximum atomic E-state index is 13.7. The molecule has 3 aromatic carbocycles. The first kappa shape index (κ1) is 21.1. The van der Waals surface area contributed by atoms with Gasteiger partial charge in [0.25, 0.3) is 0 Å². The quantitative estimate of drug-likeness (QED) is 0.360. The first-order chi connectivity index (χ1) is 14.5. The van der Waals surface area contributed by atoms with Crippen molar-refractivity contribution < 1.29 is 8.78 Å². The van der Waals surface area contributed by atoms with Crippen molar-refractivity contribution in [3.05, 3.63) is 94.0 Å². The SMILES string of the molecule is Cc1ccc([C@H]2CC[C@H](CCc3ccc(-c4cc(F)c(Cl)c(F)c4)cc3)CC2)cc1. The number of hydrogen-bond acceptors (Lipinski definition) is 0. The molecule has 0 spiro atoms. The first-order valence-corrected chi connectivity index (χ1v) is 11.2. The zero-order valence-corrected chi connectivity index (χ0v) is 18.1. The smallest absolute Gasteiger partial charge is 0.145 e. The molecule has 156 valence electrons. The lowest BCUT2D eigenvalue weighted by molar-refractivity contribution is 0.310. The number of rotatable bonds is 5. The molecule has 0 aliphatic heterocycles. The molecule has 0 amide bonds. The Hall–Kier alpha value is -2.19. The summed E-state index contributed by atoms with van der Waals surface area (Å²) in [5.74, 6) is 0.0427. The molecule has 0 saturated heterocycles. The van der Waals surface area contributed by atoms with Gasteiger partial charge in [0, 0.05) is 0 Å². The van der Waals surface area contributed by atoms with Gasteiger partial charge < -0.3 is 0 Å². The highest BCUT2D eigenvalue weighted by atomic mass is 35.5. The molecule has 1 fully saturated rings. The van der Waals surface area contributed by atoms with Crippen molar-refractivity contribution in [2.45, 2.75) is 51.4 Å². The van der Waals surface area contributed by atoms with Crippen molar-refractivity contribution in [3.63, 3.8) is 0 Å². The lowest BCUT2D eigenvalue weighted by atomic mass is 9.77. The van der Waals surface area contributed by atoms with Crippen LogP contribution < -0.4 is 0 Å². The third-order valence-corrected chi connectivity index (χ3v) is 6.87. The average molecular weight is 425 g/mol. The van der Waals surface area contributed by atoms with E-state index >= 15 is 0 Å². The molecule has 0 atom stereocenters. The van der Waals surface area contributed by atoms with E-state index in [1.807, 2.05) is 12.1 Å². The van der Waals surface area contributed by atoms with Crippen molar-refractivity contribution >= 4 is 11.6 Å². The Bertz CT molecular complexity index is 961. The van der Waals surface area contributed by atoms with Gasteiger partial charge in [-0.25, -0.2) is 8.78 Å². The van der Waals surface area contributed by atoms with Crippen LogP contribution in [0.1, 0.15) is 54.7 Å². The molecule has 1 aliphatic carbocycles. The van der Waals surface area contributed by atoms with E-state index in [9.17, 15) is 8.78 Å². The molecule has 30 heavy (non-hydrogen) atoms. The molecule has 0 heterocycles. The molecule has 0 bridgehead atoms. The van der Waals surface area contributed by atoms with Crippen LogP contribution in [0.3, 0.4) is 0 Å². The summed E-state index contributed by atoms with van der Waals surface area (Å²) in [6, 6.07) is 19.6. The van der Waals surface area contributed by atoms with Crippen LogP contribution in [-0.4, -0.2) is 0 Å². The Morgan fingerprint density at radius 3 is 2.00 bits per heavy atom. The highest BCUT2D eigenvalue weighted by Crippen LogP contribution is 2.37. The molecule has 0 unspecified atom stereocenters. The summed E-state index contributed by atoms with van der Waals surface area (Å²) in [4.78, 5) is 0. The molecular formula is C27H27ClF2. The summed E-state index contributed by atoms with van der Waals surface area (Å²) in [6.07, 6.45) is 7.38. The van der Waals surface area contributed by atoms with Crippen molar-refractivity contribution in [3.8, 4) is 11.1 Å². The standard InChI is InChI=1S/C27H27ClF2/c1-18-2-10-21(11-3-18)22-12-6-19(7-13-22)4-5-20-8-14-23(15-9-20)24-16-25(29)27(28)26(30)17-24/h2-3,8-11,14-17,19,22H,4-7,12-13H2,1H3/t19-,22-. The molecule has 0 aromatic heterocycles. The number of aryl methyl sites for hydroxylation is 2. The summed E-state index contributed by atoms with van der Waals surface area (Å²) in [6.45, 7) is 2.14. The largest absolute Gasteiger partial charge is 0.205 e. The van der Waals surface area contributed by atoms with E-state index in [1.54, 1.807) is 0 Å². The Labute approximate surface area is 182 Å². The van der Waals surface area contributed by atoms with E-state index in [0.29, 0.717) is 11.5 Å². The normalized spacial score (nSPS) is 19.1. The van der Waals surface area contributed by atoms with Crippen LogP contribution in [0.15, 0.2) is 60.7 Å². The van der Waals surface area contributed by atoms with E-state index < -0.39 is 16.7 Å². The lowest BCUT2D eigenvalue weighted by Gasteiger charge is -2.29. The molecule has 3 aromatic rings. The van der Waals surface area contributed by atoms with Gasteiger partial charge in [0.05, 0.1) is 0 Å². The van der Waals surface area contributed by atoms with E-state index in [-0.39, 0.29) is 0 Å². The van der Waals surface area contributed by atoms with E-state index in [0.717, 1.165) is 17.9 Å². The van der Waals surface area contributed by atoms with Crippen molar-refractivity contribution in [1.29, 1.82) is 0 Å². The van der Waals surface area contributed by atoms with Gasteiger partial charge in [-0.05, 0) is 91.7 Å². The molecule has 0 radical (unpaired) electrons. The van der Waals surface area contributed by atoms with Crippen LogP contribution in [0.5, 0.6) is 0 Å². The van der Waals surface area contributed by atoms with Crippen molar-refractivity contribution in [1.82, 2.24) is 0 Å². The summed E-state index contributed by atoms with van der Waals surface area (Å²) < 4.78 is 27.4. The third-order valence-electron chi connectivity index (χ3n) is 6.51. The van der Waals surface area contributed by atoms with Gasteiger partial charge >= 0.3 is 0 Å². The Morgan fingerprint density at radius 2 is 1.40 bits per heavy atom. The molecule has 0 nitrogen and oxygen atoms in total. The predicted octanol–water partition coefficient (Wildman–Crippen LogP) is 8.50. The molecule has 0 N–H and O–H groups in total. The number of hydrogen-bond donors (Lipinski definition) is 0. The van der Waals surface area contributed by atoms with E-state index in [1.165, 1.54) is 60.9 Å². The Kier molecular flexibility index (Phi) is 6.53. The highest BCUT2D eigenvalue weighted by molar-refractivity contribution is 6.31. The average Bonchev–Trinajstić information content (AvgIpc) is 2.77. The summed E-state index contributed by atoms with van der Waals surface area (Å²) in [5.41, 5.74) is 5.39. The minimum atomic E-state index is -0.725. The highest BCUT2D eigenvalue weighted by Gasteiger charge is 2.22. The Morgan fingerprint density at radius 1 is 0.800 bits per heavy atom. The van der Waals surface area contributed by atoms with Crippen LogP contribution in [0.25, 0.3) is 11.1 Å². The van der Waals surface area contributed by atoms with Gasteiger partial charge in [-0.1, -0.05) is 65.7 Å². The third kappa shape index (κ3) is 4.92. The topological polar surface area (TPSA) is 0 Å². The zero-order valence-electron chi connectivity index (χ0n) is 17.3. The minimum absolute atomic E-state index is 0.451. The lowest BCUT2D eigenvalue weighted by Crippen LogP contribution is -2.14. The number of benzene rings is 3. The second kappa shape index (κ2) is 9.31. The van der Waals surface area contributed by atoms with Crippen molar-refractivity contribution in [2.75, 3.05) is 0 Å². The van der Waals surface area contributed by atoms with Gasteiger partial charge in [-0.3, -0.25) is 0 Å². The van der Waals surface area contributed by atoms with Crippen LogP contribution in [0.2, 0.25) is 5.02 Å². The fourth-order valence-electron chi connectivity index (χ4n) is 4.58. The summed E-state index contributed by atoms with van der Waals surface area (Å²) >= 11 is 5.58. The first-order valence-electron chi connectivity index (χ1n) is 10.8. The molecule has 1 aliphatic rings. The summed E-state index contributed by atoms with van der Waals surface area (Å²) in [5, 5.41) is -0.451. The monoisotopic (exact) mass is 424 g/mol. The van der Waals surface area contributed by atoms with Gasteiger partial charge in [0.15, 0.2) is 0 Å². The molecule has 1 saturated carbocycles. The molecular weight excluding hydrogens is 398 g/mol. The predicted molar refractivity (Wildman–Crippen MR) is 121 cm³/mol. The van der Waals surface area contributed by atoms with E-state index in [4.69, 9.17) is 11.6 Å². The minimum Gasteiger partial charge on any atom is -0.205 e. The van der Waals surface area contributed by atoms with Crippen LogP contribution >= 0.6 is 11.6 Å². The van der Waals surface area contributed by atoms with Crippen molar-refractivity contribution in [2.24, 2.45) is 5.92 Å². The fraction of sp³-hybridized carbons (Fsp3) is 0.333. The van der Waals surface area contributed by atoms with E-state index in [2.05, 4.69) is 43.3 Å². The molecule has 4 rings (SSSR count). The van der Waals surface area contributed by atoms with Gasteiger partial charge in [0.1, 0.15) is 16.7 Å². The second-order valence-electron chi connectivity index (χ2n) is 8.62. The van der Waals surface area contributed by atoms with Gasteiger partial charge in [-0.15, -0.1) is 0 Å². The summed E-state index contributed by atoms with van der Waals surface area (Å²) in [7, 11) is 0. The number of halogens is 3. The Balaban J connectivity index is 1.30. The maximum Gasteiger partial charge on any atom is 0.145 e. The molecule has 3 heteroatoms. The van der Waals surface area contributed by atoms with Crippen LogP contribution in [0, 0.1) is 24.5 Å². The van der Waals surface area contributed by atoms with Gasteiger partial charge in [-0.2, -0.15) is 0 Å². The zero-order chi connectivity index (χ0) is 21.1. The second-order valence-corrected chi connectivity index (χ2v) is 9.00. The van der Waals surface area contributed by atoms with Crippen LogP contribution in [-0.2, 0) is 6.42 Å². The fourth-order valence-corrected chi connectivity index (χ4v) is 4.69. The van der Waals surface area contributed by atoms with Gasteiger partial charge in [0.2, 0.25) is 0 Å². The van der Waals surface area contributed by atoms with Crippen LogP contribution in [0.4, 0.5) is 8.78 Å². The maximum absolute atomic E-state index is 13.7.